The Balaban J connectivity index is 1.50. The van der Waals surface area contributed by atoms with Gasteiger partial charge >= 0.3 is 0 Å². The van der Waals surface area contributed by atoms with Crippen molar-refractivity contribution in [3.8, 4) is 6.19 Å². The third-order valence-electron chi connectivity index (χ3n) is 5.01. The molecule has 0 bridgehead atoms. The molecule has 6 nitrogen and oxygen atoms in total. The fourth-order valence-electron chi connectivity index (χ4n) is 3.43. The molecule has 2 aliphatic rings. The standard InChI is InChI=1S/C17H25N5OS/c1-20(7-9-22-10-8-21(13-18)12-16(22)23)17-19-11-15(24-17)14-5-3-2-4-6-14/h11,14H,2-10,12H2,1H3. The molecule has 0 unspecified atom stereocenters. The summed E-state index contributed by atoms with van der Waals surface area (Å²) in [6, 6.07) is 0. The van der Waals surface area contributed by atoms with E-state index in [9.17, 15) is 4.79 Å². The number of likely N-dealkylation sites (N-methyl/N-ethyl adjacent to an activating group) is 1. The number of carbonyl (C=O) groups excluding carboxylic acids is 1. The van der Waals surface area contributed by atoms with Crippen LogP contribution in [-0.4, -0.2) is 60.5 Å². The SMILES string of the molecule is CN(CCN1CCN(C#N)CC1=O)c1ncc(C2CCCCC2)s1. The highest BCUT2D eigenvalue weighted by molar-refractivity contribution is 7.15. The second-order valence-corrected chi connectivity index (χ2v) is 7.74. The third kappa shape index (κ3) is 3.99. The van der Waals surface area contributed by atoms with Crippen LogP contribution in [0.1, 0.15) is 42.9 Å². The third-order valence-corrected chi connectivity index (χ3v) is 6.28. The van der Waals surface area contributed by atoms with Crippen LogP contribution in [0.15, 0.2) is 6.20 Å². The first-order chi connectivity index (χ1) is 11.7. The zero-order chi connectivity index (χ0) is 16.9. The molecular weight excluding hydrogens is 322 g/mol. The quantitative estimate of drug-likeness (QED) is 0.765. The molecule has 1 saturated heterocycles. The summed E-state index contributed by atoms with van der Waals surface area (Å²) in [6.45, 7) is 2.94. The van der Waals surface area contributed by atoms with Crippen LogP contribution in [0.4, 0.5) is 5.13 Å². The number of hydrogen-bond acceptors (Lipinski definition) is 6. The van der Waals surface area contributed by atoms with E-state index >= 15 is 0 Å². The minimum Gasteiger partial charge on any atom is -0.349 e. The minimum absolute atomic E-state index is 0.0400. The summed E-state index contributed by atoms with van der Waals surface area (Å²) in [5, 5.41) is 9.90. The van der Waals surface area contributed by atoms with E-state index in [1.165, 1.54) is 41.9 Å². The summed E-state index contributed by atoms with van der Waals surface area (Å²) in [5.41, 5.74) is 0. The van der Waals surface area contributed by atoms with E-state index in [-0.39, 0.29) is 12.5 Å². The molecule has 1 aliphatic carbocycles. The highest BCUT2D eigenvalue weighted by atomic mass is 32.1. The first-order valence-electron chi connectivity index (χ1n) is 8.76. The summed E-state index contributed by atoms with van der Waals surface area (Å²) < 4.78 is 0. The predicted molar refractivity (Wildman–Crippen MR) is 95.0 cm³/mol. The second-order valence-electron chi connectivity index (χ2n) is 6.70. The molecule has 1 aromatic heterocycles. The van der Waals surface area contributed by atoms with Crippen LogP contribution < -0.4 is 4.90 Å². The van der Waals surface area contributed by atoms with Gasteiger partial charge in [-0.1, -0.05) is 19.3 Å². The molecule has 130 valence electrons. The molecule has 0 radical (unpaired) electrons. The Kier molecular flexibility index (Phi) is 5.56. The molecule has 1 saturated carbocycles. The van der Waals surface area contributed by atoms with Gasteiger partial charge in [-0.15, -0.1) is 11.3 Å². The van der Waals surface area contributed by atoms with Gasteiger partial charge in [0.15, 0.2) is 11.3 Å². The minimum atomic E-state index is 0.0400. The van der Waals surface area contributed by atoms with E-state index < -0.39 is 0 Å². The fraction of sp³-hybridized carbons (Fsp3) is 0.706. The molecule has 24 heavy (non-hydrogen) atoms. The van der Waals surface area contributed by atoms with Gasteiger partial charge in [0.1, 0.15) is 6.54 Å². The lowest BCUT2D eigenvalue weighted by atomic mass is 9.89. The van der Waals surface area contributed by atoms with Gasteiger partial charge in [0.2, 0.25) is 5.91 Å². The van der Waals surface area contributed by atoms with Crippen molar-refractivity contribution in [3.63, 3.8) is 0 Å². The van der Waals surface area contributed by atoms with Crippen LogP contribution >= 0.6 is 11.3 Å². The Hall–Kier alpha value is -1.81. The highest BCUT2D eigenvalue weighted by Crippen LogP contribution is 2.37. The van der Waals surface area contributed by atoms with Crippen LogP contribution in [0.5, 0.6) is 0 Å². The number of amides is 1. The summed E-state index contributed by atoms with van der Waals surface area (Å²) in [4.78, 5) is 23.5. The lowest BCUT2D eigenvalue weighted by molar-refractivity contribution is -0.134. The largest absolute Gasteiger partial charge is 0.349 e. The van der Waals surface area contributed by atoms with Crippen LogP contribution in [-0.2, 0) is 4.79 Å². The van der Waals surface area contributed by atoms with Crippen molar-refractivity contribution in [2.75, 3.05) is 44.7 Å². The lowest BCUT2D eigenvalue weighted by Gasteiger charge is -2.32. The lowest BCUT2D eigenvalue weighted by Crippen LogP contribution is -2.50. The molecule has 0 aromatic carbocycles. The molecule has 2 heterocycles. The van der Waals surface area contributed by atoms with Gasteiger partial charge in [0, 0.05) is 44.3 Å². The van der Waals surface area contributed by atoms with E-state index in [4.69, 9.17) is 5.26 Å². The number of rotatable bonds is 5. The Morgan fingerprint density at radius 2 is 2.17 bits per heavy atom. The van der Waals surface area contributed by atoms with Crippen LogP contribution in [0.25, 0.3) is 0 Å². The Morgan fingerprint density at radius 1 is 1.38 bits per heavy atom. The average molecular weight is 347 g/mol. The predicted octanol–water partition coefficient (Wildman–Crippen LogP) is 2.25. The molecule has 2 fully saturated rings. The number of anilines is 1. The van der Waals surface area contributed by atoms with Gasteiger partial charge in [-0.3, -0.25) is 9.69 Å². The fourth-order valence-corrected chi connectivity index (χ4v) is 4.50. The van der Waals surface area contributed by atoms with Crippen LogP contribution in [0, 0.1) is 11.5 Å². The molecule has 0 N–H and O–H groups in total. The molecular formula is C17H25N5OS. The summed E-state index contributed by atoms with van der Waals surface area (Å²) in [5.74, 6) is 0.734. The van der Waals surface area contributed by atoms with Crippen molar-refractivity contribution in [3.05, 3.63) is 11.1 Å². The van der Waals surface area contributed by atoms with E-state index in [0.717, 1.165) is 11.7 Å². The number of hydrogen-bond donors (Lipinski definition) is 0. The number of piperazine rings is 1. The van der Waals surface area contributed by atoms with Crippen molar-refractivity contribution < 1.29 is 4.79 Å². The van der Waals surface area contributed by atoms with Gasteiger partial charge < -0.3 is 9.80 Å². The smallest absolute Gasteiger partial charge is 0.243 e. The Labute approximate surface area is 147 Å². The number of nitriles is 1. The first kappa shape index (κ1) is 17.0. The van der Waals surface area contributed by atoms with E-state index in [1.807, 2.05) is 24.3 Å². The van der Waals surface area contributed by atoms with Gasteiger partial charge in [0.05, 0.1) is 0 Å². The molecule has 1 aromatic rings. The Bertz CT molecular complexity index is 604. The maximum atomic E-state index is 12.0. The second kappa shape index (κ2) is 7.84. The molecule has 0 spiro atoms. The van der Waals surface area contributed by atoms with Gasteiger partial charge in [-0.25, -0.2) is 4.98 Å². The maximum absolute atomic E-state index is 12.0. The molecule has 1 aliphatic heterocycles. The van der Waals surface area contributed by atoms with Crippen LogP contribution in [0.2, 0.25) is 0 Å². The van der Waals surface area contributed by atoms with Crippen molar-refractivity contribution in [1.29, 1.82) is 5.26 Å². The number of carbonyl (C=O) groups is 1. The zero-order valence-corrected chi connectivity index (χ0v) is 15.1. The Morgan fingerprint density at radius 3 is 2.88 bits per heavy atom. The van der Waals surface area contributed by atoms with Crippen molar-refractivity contribution in [2.24, 2.45) is 0 Å². The van der Waals surface area contributed by atoms with Gasteiger partial charge in [-0.05, 0) is 18.8 Å². The molecule has 0 atom stereocenters. The van der Waals surface area contributed by atoms with Crippen LogP contribution in [0.3, 0.4) is 0 Å². The average Bonchev–Trinajstić information content (AvgIpc) is 3.11. The van der Waals surface area contributed by atoms with Gasteiger partial charge in [-0.2, -0.15) is 5.26 Å². The number of thiazole rings is 1. The van der Waals surface area contributed by atoms with Gasteiger partial charge in [0.25, 0.3) is 0 Å². The monoisotopic (exact) mass is 347 g/mol. The molecule has 1 amide bonds. The van der Waals surface area contributed by atoms with E-state index in [0.29, 0.717) is 25.6 Å². The highest BCUT2D eigenvalue weighted by Gasteiger charge is 2.23. The van der Waals surface area contributed by atoms with E-state index in [1.54, 1.807) is 11.3 Å². The topological polar surface area (TPSA) is 63.5 Å². The summed E-state index contributed by atoms with van der Waals surface area (Å²) in [6.07, 6.45) is 10.7. The van der Waals surface area contributed by atoms with Crippen molar-refractivity contribution in [2.45, 2.75) is 38.0 Å². The normalized spacial score (nSPS) is 19.4. The molecule has 7 heteroatoms. The van der Waals surface area contributed by atoms with E-state index in [2.05, 4.69) is 9.88 Å². The summed E-state index contributed by atoms with van der Waals surface area (Å²) >= 11 is 1.80. The van der Waals surface area contributed by atoms with Crippen molar-refractivity contribution in [1.82, 2.24) is 14.8 Å². The number of nitrogens with zero attached hydrogens (tertiary/aromatic N) is 5. The maximum Gasteiger partial charge on any atom is 0.243 e. The first-order valence-corrected chi connectivity index (χ1v) is 9.58. The zero-order valence-electron chi connectivity index (χ0n) is 14.3. The molecule has 3 rings (SSSR count). The van der Waals surface area contributed by atoms with Crippen molar-refractivity contribution >= 4 is 22.4 Å². The number of aromatic nitrogens is 1. The summed E-state index contributed by atoms with van der Waals surface area (Å²) in [7, 11) is 2.04.